The molecule has 0 aromatic heterocycles. The number of phenolic OH excluding ortho intramolecular Hbond substituents is 1. The maximum Gasteiger partial charge on any atom is 0.258 e. The van der Waals surface area contributed by atoms with Gasteiger partial charge in [0, 0.05) is 5.56 Å². The Balaban J connectivity index is 1.48. The van der Waals surface area contributed by atoms with Gasteiger partial charge in [-0.1, -0.05) is 103 Å². The second-order valence-corrected chi connectivity index (χ2v) is 19.2. The van der Waals surface area contributed by atoms with E-state index in [4.69, 9.17) is 13.9 Å². The predicted octanol–water partition coefficient (Wildman–Crippen LogP) is 11.1. The monoisotopic (exact) mass is 626 g/mol. The summed E-state index contributed by atoms with van der Waals surface area (Å²) in [6.45, 7) is 16.6. The first-order valence-corrected chi connectivity index (χ1v) is 18.9. The highest BCUT2D eigenvalue weighted by molar-refractivity contribution is 7.99. The highest BCUT2D eigenvalue weighted by atomic mass is 32.2. The number of hydrogen-bond acceptors (Lipinski definition) is 5. The van der Waals surface area contributed by atoms with Gasteiger partial charge >= 0.3 is 0 Å². The molecule has 4 aromatic carbocycles. The molecular weight excluding hydrogens is 581 g/mol. The van der Waals surface area contributed by atoms with E-state index in [1.54, 1.807) is 12.1 Å². The molecule has 4 aromatic rings. The summed E-state index contributed by atoms with van der Waals surface area (Å²) in [5.41, 5.74) is 5.94. The molecular formula is C38H46O4SSi. The fourth-order valence-corrected chi connectivity index (χ4v) is 13.4. The zero-order chi connectivity index (χ0) is 31.4. The van der Waals surface area contributed by atoms with Gasteiger partial charge in [-0.25, -0.2) is 0 Å². The maximum atomic E-state index is 10.0. The minimum absolute atomic E-state index is 0.0178. The Morgan fingerprint density at radius 2 is 1.39 bits per heavy atom. The third-order valence-electron chi connectivity index (χ3n) is 8.98. The van der Waals surface area contributed by atoms with Gasteiger partial charge in [0.15, 0.2) is 0 Å². The fraction of sp³-hybridized carbons (Fsp3) is 0.368. The normalized spacial score (nSPS) is 16.6. The van der Waals surface area contributed by atoms with E-state index < -0.39 is 8.32 Å². The van der Waals surface area contributed by atoms with Crippen LogP contribution in [0.4, 0.5) is 0 Å². The van der Waals surface area contributed by atoms with E-state index in [9.17, 15) is 5.11 Å². The van der Waals surface area contributed by atoms with Crippen molar-refractivity contribution in [3.8, 4) is 23.0 Å². The van der Waals surface area contributed by atoms with E-state index in [0.717, 1.165) is 45.3 Å². The summed E-state index contributed by atoms with van der Waals surface area (Å²) >= 11 is 1.83. The summed E-state index contributed by atoms with van der Waals surface area (Å²) in [6, 6.07) is 30.5. The van der Waals surface area contributed by atoms with Crippen molar-refractivity contribution >= 4 is 20.1 Å². The molecule has 232 valence electrons. The molecule has 2 atom stereocenters. The number of fused-ring (bicyclic) bond motifs is 1. The molecule has 4 nitrogen and oxygen atoms in total. The molecule has 1 heterocycles. The smallest absolute Gasteiger partial charge is 0.258 e. The zero-order valence-corrected chi connectivity index (χ0v) is 28.9. The zero-order valence-electron chi connectivity index (χ0n) is 27.0. The number of phenols is 1. The molecule has 0 saturated carbocycles. The van der Waals surface area contributed by atoms with Crippen molar-refractivity contribution in [2.45, 2.75) is 94.4 Å². The van der Waals surface area contributed by atoms with Crippen LogP contribution < -0.4 is 13.9 Å². The van der Waals surface area contributed by atoms with E-state index in [1.807, 2.05) is 42.1 Å². The van der Waals surface area contributed by atoms with Crippen LogP contribution in [0.2, 0.25) is 16.6 Å². The van der Waals surface area contributed by atoms with Gasteiger partial charge in [-0.3, -0.25) is 0 Å². The summed E-state index contributed by atoms with van der Waals surface area (Å²) in [4.78, 5) is 1.11. The van der Waals surface area contributed by atoms with Crippen LogP contribution in [0, 0.1) is 0 Å². The Kier molecular flexibility index (Phi) is 10.0. The van der Waals surface area contributed by atoms with E-state index in [2.05, 4.69) is 97.0 Å². The van der Waals surface area contributed by atoms with Crippen molar-refractivity contribution in [3.05, 3.63) is 113 Å². The lowest BCUT2D eigenvalue weighted by Gasteiger charge is -2.42. The van der Waals surface area contributed by atoms with Gasteiger partial charge in [-0.05, 0) is 76.1 Å². The average molecular weight is 627 g/mol. The van der Waals surface area contributed by atoms with Gasteiger partial charge in [0.1, 0.15) is 35.7 Å². The Labute approximate surface area is 268 Å². The van der Waals surface area contributed by atoms with Crippen molar-refractivity contribution in [1.29, 1.82) is 0 Å². The van der Waals surface area contributed by atoms with Crippen molar-refractivity contribution < 1.29 is 19.0 Å². The third-order valence-corrected chi connectivity index (χ3v) is 16.3. The van der Waals surface area contributed by atoms with Gasteiger partial charge in [-0.2, -0.15) is 0 Å². The lowest BCUT2D eigenvalue weighted by Crippen LogP contribution is -2.50. The molecule has 6 heteroatoms. The van der Waals surface area contributed by atoms with Gasteiger partial charge in [0.2, 0.25) is 0 Å². The molecule has 1 aliphatic rings. The number of rotatable bonds is 11. The minimum Gasteiger partial charge on any atom is -0.543 e. The third kappa shape index (κ3) is 6.52. The van der Waals surface area contributed by atoms with Gasteiger partial charge in [0.25, 0.3) is 8.32 Å². The first-order chi connectivity index (χ1) is 21.1. The standard InChI is InChI=1S/C38H46O4SSi/c1-8-33-34(40-24-28-12-10-9-11-13-28)22-23-35-37(33)41-36(29-14-18-31(39)19-15-29)38(43-35)30-16-20-32(21-17-30)42-44(25(2)3,26(4)5)27(6)7/h9-23,25-27,36,38-39H,8,24H2,1-7H3. The fourth-order valence-electron chi connectivity index (χ4n) is 6.84. The van der Waals surface area contributed by atoms with Crippen molar-refractivity contribution in [2.24, 2.45) is 0 Å². The van der Waals surface area contributed by atoms with Gasteiger partial charge in [0.05, 0.1) is 10.1 Å². The van der Waals surface area contributed by atoms with Crippen LogP contribution in [0.25, 0.3) is 0 Å². The van der Waals surface area contributed by atoms with Crippen LogP contribution in [0.1, 0.15) is 82.1 Å². The molecule has 0 spiro atoms. The number of hydrogen-bond donors (Lipinski definition) is 1. The average Bonchev–Trinajstić information content (AvgIpc) is 3.02. The molecule has 0 amide bonds. The number of ether oxygens (including phenoxy) is 2. The molecule has 0 radical (unpaired) electrons. The summed E-state index contributed by atoms with van der Waals surface area (Å²) in [6.07, 6.45) is 0.546. The summed E-state index contributed by atoms with van der Waals surface area (Å²) in [7, 11) is -2.05. The minimum atomic E-state index is -2.05. The quantitative estimate of drug-likeness (QED) is 0.168. The lowest BCUT2D eigenvalue weighted by molar-refractivity contribution is 0.186. The Hall–Kier alpha value is -3.35. The molecule has 0 saturated heterocycles. The molecule has 0 bridgehead atoms. The van der Waals surface area contributed by atoms with E-state index in [1.165, 1.54) is 5.56 Å². The summed E-state index contributed by atoms with van der Waals surface area (Å²) in [5, 5.41) is 10.1. The first-order valence-electron chi connectivity index (χ1n) is 15.9. The predicted molar refractivity (Wildman–Crippen MR) is 185 cm³/mol. The Morgan fingerprint density at radius 1 is 0.773 bits per heavy atom. The Bertz CT molecular complexity index is 1500. The van der Waals surface area contributed by atoms with Crippen LogP contribution in [0.3, 0.4) is 0 Å². The summed E-state index contributed by atoms with van der Waals surface area (Å²) < 4.78 is 20.2. The molecule has 1 N–H and O–H groups in total. The van der Waals surface area contributed by atoms with Crippen molar-refractivity contribution in [1.82, 2.24) is 0 Å². The largest absolute Gasteiger partial charge is 0.543 e. The van der Waals surface area contributed by atoms with Crippen LogP contribution in [0.5, 0.6) is 23.0 Å². The van der Waals surface area contributed by atoms with E-state index >= 15 is 0 Å². The van der Waals surface area contributed by atoms with Crippen LogP contribution >= 0.6 is 11.8 Å². The van der Waals surface area contributed by atoms with E-state index in [-0.39, 0.29) is 17.1 Å². The maximum absolute atomic E-state index is 10.0. The molecule has 0 fully saturated rings. The SMILES string of the molecule is CCc1c(OCc2ccccc2)ccc2c1OC(c1ccc(O)cc1)C(c1ccc(O[Si](C(C)C)(C(C)C)C(C)C)cc1)S2. The second-order valence-electron chi connectivity index (χ2n) is 12.7. The van der Waals surface area contributed by atoms with Gasteiger partial charge in [-0.15, -0.1) is 11.8 Å². The Morgan fingerprint density at radius 3 is 1.98 bits per heavy atom. The molecule has 2 unspecified atom stereocenters. The molecule has 0 aliphatic carbocycles. The number of benzene rings is 4. The van der Waals surface area contributed by atoms with Crippen LogP contribution in [-0.4, -0.2) is 13.4 Å². The first kappa shape index (κ1) is 32.1. The topological polar surface area (TPSA) is 47.9 Å². The van der Waals surface area contributed by atoms with Crippen molar-refractivity contribution in [2.75, 3.05) is 0 Å². The number of aromatic hydroxyl groups is 1. The van der Waals surface area contributed by atoms with Crippen molar-refractivity contribution in [3.63, 3.8) is 0 Å². The molecule has 44 heavy (non-hydrogen) atoms. The van der Waals surface area contributed by atoms with Gasteiger partial charge < -0.3 is 19.0 Å². The highest BCUT2D eigenvalue weighted by Crippen LogP contribution is 2.56. The highest BCUT2D eigenvalue weighted by Gasteiger charge is 2.47. The molecule has 1 aliphatic heterocycles. The van der Waals surface area contributed by atoms with Crippen LogP contribution in [-0.2, 0) is 13.0 Å². The van der Waals surface area contributed by atoms with E-state index in [0.29, 0.717) is 23.2 Å². The van der Waals surface area contributed by atoms with Crippen LogP contribution in [0.15, 0.2) is 95.9 Å². The molecule has 5 rings (SSSR count). The number of thioether (sulfide) groups is 1. The summed E-state index contributed by atoms with van der Waals surface area (Å²) in [5.74, 6) is 2.94. The lowest BCUT2D eigenvalue weighted by atomic mass is 9.99. The second kappa shape index (κ2) is 13.7.